The van der Waals surface area contributed by atoms with Crippen molar-refractivity contribution in [1.82, 2.24) is 29.9 Å². The maximum absolute atomic E-state index is 12.9. The Balaban J connectivity index is 0.00000401. The predicted molar refractivity (Wildman–Crippen MR) is 307 cm³/mol. The summed E-state index contributed by atoms with van der Waals surface area (Å²) in [6.45, 7) is 1.87. The molecule has 6 aromatic rings. The Morgan fingerprint density at radius 2 is 0.667 bits per heavy atom. The van der Waals surface area contributed by atoms with Crippen LogP contribution in [-0.4, -0.2) is 338 Å². The molecule has 0 bridgehead atoms. The van der Waals surface area contributed by atoms with E-state index in [0.29, 0.717) is 24.3 Å². The molecular formula is C40H40N12Na6O20S6. The van der Waals surface area contributed by atoms with Crippen molar-refractivity contribution >= 4 is 309 Å². The molecule has 4 aromatic carbocycles. The van der Waals surface area contributed by atoms with E-state index in [1.165, 1.54) is 24.3 Å². The second kappa shape index (κ2) is 32.2. The van der Waals surface area contributed by atoms with Crippen LogP contribution in [0.3, 0.4) is 0 Å². The molecule has 0 saturated carbocycles. The molecule has 0 aliphatic carbocycles. The maximum Gasteiger partial charge on any atom is 0.296 e. The molecule has 2 aromatic heterocycles. The van der Waals surface area contributed by atoms with E-state index in [1.54, 1.807) is 9.80 Å². The SMILES string of the molecule is O=S(=O)(O)c1ccc(S(=O)(=O)O)c(Nc2nc(Nc3ccc(C=Cc4ccc(Nc5nc(Nc6cc(S(=O)(=O)O)ccc6S(=O)(=O)O)nc(N6CCOCC6)n5)cc4S(=O)(=O)O)c(S(=O)(=O)O)c3)nc(N3CCOCC3)n2)c1.[Na].[Na].[Na].[Na].[Na].[Na]. The Morgan fingerprint density at radius 3 is 0.952 bits per heavy atom. The van der Waals surface area contributed by atoms with Gasteiger partial charge in [-0.25, -0.2) is 0 Å². The summed E-state index contributed by atoms with van der Waals surface area (Å²) in [6.07, 6.45) is 2.16. The molecule has 4 heterocycles. The van der Waals surface area contributed by atoms with E-state index in [0.717, 1.165) is 36.4 Å². The Bertz CT molecular complexity index is 3860. The zero-order chi connectivity index (χ0) is 56.6. The second-order valence-corrected chi connectivity index (χ2v) is 24.7. The third kappa shape index (κ3) is 21.2. The maximum atomic E-state index is 12.9. The van der Waals surface area contributed by atoms with Gasteiger partial charge in [0.15, 0.2) is 0 Å². The topological polar surface area (TPSA) is 477 Å². The molecule has 422 valence electrons. The van der Waals surface area contributed by atoms with Crippen LogP contribution in [0.5, 0.6) is 0 Å². The van der Waals surface area contributed by atoms with Gasteiger partial charge in [-0.05, 0) is 71.8 Å². The number of anilines is 10. The molecule has 2 aliphatic heterocycles. The number of hydrogen-bond acceptors (Lipinski definition) is 26. The zero-order valence-corrected chi connectivity index (χ0v) is 62.1. The zero-order valence-electron chi connectivity index (χ0n) is 45.2. The second-order valence-electron chi connectivity index (χ2n) is 16.3. The van der Waals surface area contributed by atoms with E-state index in [2.05, 4.69) is 51.2 Å². The van der Waals surface area contributed by atoms with Gasteiger partial charge in [0.25, 0.3) is 60.7 Å². The Hall–Kier alpha value is -1.18. The minimum absolute atomic E-state index is 0. The number of benzene rings is 4. The molecule has 2 fully saturated rings. The van der Waals surface area contributed by atoms with Crippen molar-refractivity contribution in [1.29, 1.82) is 0 Å². The third-order valence-corrected chi connectivity index (χ3v) is 16.3. The van der Waals surface area contributed by atoms with Gasteiger partial charge >= 0.3 is 0 Å². The first kappa shape index (κ1) is 78.9. The molecule has 32 nitrogen and oxygen atoms in total. The van der Waals surface area contributed by atoms with Gasteiger partial charge in [-0.2, -0.15) is 80.4 Å². The van der Waals surface area contributed by atoms with Gasteiger partial charge in [-0.1, -0.05) is 24.3 Å². The molecule has 0 amide bonds. The van der Waals surface area contributed by atoms with Crippen molar-refractivity contribution < 1.29 is 87.3 Å². The number of ether oxygens (including phenoxy) is 2. The standard InChI is InChI=1S/C40H40N12O20S6.6Na/c53-73(54,55)27-7-9-31(75(59,60)61)29(21-27)43-37-45-35(47-39(49-37)51-11-15-71-16-12-51)41-25-5-3-23(33(19-25)77(65,66)67)1-2-24-4-6-26(20-34(24)78(68,69)70)42-36-46-38(50-40(48-36)52-13-17-72-18-14-52)44-30-22-28(74(56,57)58)8-10-32(30)76(62,63)64;;;;;;/h1-10,19-22H,11-18H2,(H,53,54,55)(H,56,57,58)(H,59,60,61)(H,62,63,64)(H,65,66,67)(H,68,69,70)(H2,41,43,45,47,49)(H2,42,44,46,48,50);;;;;;. The van der Waals surface area contributed by atoms with Gasteiger partial charge in [0.1, 0.15) is 19.6 Å². The van der Waals surface area contributed by atoms with Crippen molar-refractivity contribution in [2.45, 2.75) is 29.4 Å². The average molecular weight is 1340 g/mol. The molecule has 8 rings (SSSR count). The summed E-state index contributed by atoms with van der Waals surface area (Å²) in [7, 11) is -30.1. The van der Waals surface area contributed by atoms with Crippen LogP contribution in [-0.2, 0) is 70.2 Å². The summed E-state index contributed by atoms with van der Waals surface area (Å²) < 4.78 is 219. The normalized spacial score (nSPS) is 14.0. The molecule has 44 heteroatoms. The van der Waals surface area contributed by atoms with E-state index in [9.17, 15) is 77.8 Å². The molecule has 84 heavy (non-hydrogen) atoms. The minimum atomic E-state index is -5.12. The first-order chi connectivity index (χ1) is 36.4. The van der Waals surface area contributed by atoms with Gasteiger partial charge in [-0.15, -0.1) is 0 Å². The van der Waals surface area contributed by atoms with Crippen molar-refractivity contribution in [3.63, 3.8) is 0 Å². The fourth-order valence-corrected chi connectivity index (χ4v) is 11.1. The van der Waals surface area contributed by atoms with Crippen LogP contribution < -0.4 is 31.1 Å². The van der Waals surface area contributed by atoms with E-state index in [1.807, 2.05) is 0 Å². The molecular weight excluding hydrogens is 1300 g/mol. The van der Waals surface area contributed by atoms with Gasteiger partial charge in [0, 0.05) is 215 Å². The Kier molecular flexibility index (Phi) is 30.3. The van der Waals surface area contributed by atoms with Crippen LogP contribution in [0.4, 0.5) is 58.4 Å². The van der Waals surface area contributed by atoms with Crippen LogP contribution in [0.2, 0.25) is 0 Å². The number of aromatic nitrogens is 6. The fourth-order valence-electron chi connectivity index (χ4n) is 7.37. The van der Waals surface area contributed by atoms with Gasteiger partial charge in [-0.3, -0.25) is 27.3 Å². The van der Waals surface area contributed by atoms with Crippen molar-refractivity contribution in [2.75, 3.05) is 83.7 Å². The molecule has 0 atom stereocenters. The summed E-state index contributed by atoms with van der Waals surface area (Å²) in [4.78, 5) is 24.1. The van der Waals surface area contributed by atoms with Crippen LogP contribution in [0, 0.1) is 0 Å². The first-order valence-corrected chi connectivity index (χ1v) is 30.4. The number of morpholine rings is 2. The number of nitrogens with zero attached hydrogens (tertiary/aromatic N) is 8. The molecule has 0 spiro atoms. The molecule has 2 saturated heterocycles. The predicted octanol–water partition coefficient (Wildman–Crippen LogP) is 0.0700. The smallest absolute Gasteiger partial charge is 0.296 e. The van der Waals surface area contributed by atoms with E-state index < -0.39 is 113 Å². The third-order valence-electron chi connectivity index (χ3n) is 10.9. The van der Waals surface area contributed by atoms with E-state index in [4.69, 9.17) is 9.47 Å². The Morgan fingerprint density at radius 1 is 0.369 bits per heavy atom. The van der Waals surface area contributed by atoms with E-state index >= 15 is 0 Å². The number of nitrogens with one attached hydrogen (secondary N) is 4. The minimum Gasteiger partial charge on any atom is -0.378 e. The fraction of sp³-hybridized carbons (Fsp3) is 0.200. The summed E-state index contributed by atoms with van der Waals surface area (Å²) >= 11 is 0. The van der Waals surface area contributed by atoms with Crippen molar-refractivity contribution in [3.05, 3.63) is 83.9 Å². The molecule has 0 unspecified atom stereocenters. The number of rotatable bonds is 18. The summed E-state index contributed by atoms with van der Waals surface area (Å²) in [5, 5.41) is 10.5. The van der Waals surface area contributed by atoms with Crippen molar-refractivity contribution in [2.24, 2.45) is 0 Å². The quantitative estimate of drug-likeness (QED) is 0.0309. The molecule has 6 radical (unpaired) electrons. The van der Waals surface area contributed by atoms with Gasteiger partial charge in [0.2, 0.25) is 35.7 Å². The summed E-state index contributed by atoms with van der Waals surface area (Å²) in [5.41, 5.74) is -1.89. The van der Waals surface area contributed by atoms with Crippen LogP contribution in [0.15, 0.2) is 102 Å². The van der Waals surface area contributed by atoms with Gasteiger partial charge in [0.05, 0.1) is 47.6 Å². The van der Waals surface area contributed by atoms with Gasteiger partial charge < -0.3 is 40.5 Å². The monoisotopic (exact) mass is 1340 g/mol. The number of hydrogen-bond donors (Lipinski definition) is 10. The summed E-state index contributed by atoms with van der Waals surface area (Å²) in [5.74, 6) is -1.72. The van der Waals surface area contributed by atoms with Crippen molar-refractivity contribution in [3.8, 4) is 0 Å². The largest absolute Gasteiger partial charge is 0.378 e. The first-order valence-electron chi connectivity index (χ1n) is 21.7. The van der Waals surface area contributed by atoms with Crippen LogP contribution in [0.25, 0.3) is 12.2 Å². The molecule has 10 N–H and O–H groups in total. The van der Waals surface area contributed by atoms with E-state index in [-0.39, 0.29) is 276 Å². The van der Waals surface area contributed by atoms with Crippen LogP contribution >= 0.6 is 0 Å². The Labute approximate surface area is 613 Å². The van der Waals surface area contributed by atoms with Crippen LogP contribution in [0.1, 0.15) is 11.1 Å². The molecule has 2 aliphatic rings. The summed E-state index contributed by atoms with van der Waals surface area (Å²) in [6, 6.07) is 11.0. The average Bonchev–Trinajstić information content (AvgIpc) is 3.54.